The third kappa shape index (κ3) is 3.96. The quantitative estimate of drug-likeness (QED) is 0.865. The zero-order valence-electron chi connectivity index (χ0n) is 13.2. The molecule has 0 unspecified atom stereocenters. The number of sulfonamides is 1. The van der Waals surface area contributed by atoms with Gasteiger partial charge in [0.15, 0.2) is 0 Å². The fourth-order valence-electron chi connectivity index (χ4n) is 2.07. The van der Waals surface area contributed by atoms with Gasteiger partial charge < -0.3 is 10.1 Å². The average molecular weight is 355 g/mol. The topological polar surface area (TPSA) is 58.6 Å². The molecule has 2 aromatic rings. The molecule has 0 aromatic heterocycles. The number of hydrogen-bond acceptors (Lipinski definition) is 4. The Hall–Kier alpha value is -1.76. The van der Waals surface area contributed by atoms with Crippen molar-refractivity contribution in [2.45, 2.75) is 11.4 Å². The Morgan fingerprint density at radius 2 is 1.87 bits per heavy atom. The lowest BCUT2D eigenvalue weighted by Crippen LogP contribution is -2.22. The average Bonchev–Trinajstić information content (AvgIpc) is 2.53. The fraction of sp³-hybridized carbons (Fsp3) is 0.250. The molecule has 7 heteroatoms. The van der Waals surface area contributed by atoms with Crippen molar-refractivity contribution in [3.63, 3.8) is 0 Å². The number of nitrogens with one attached hydrogen (secondary N) is 1. The molecule has 23 heavy (non-hydrogen) atoms. The van der Waals surface area contributed by atoms with Gasteiger partial charge >= 0.3 is 0 Å². The van der Waals surface area contributed by atoms with E-state index in [1.165, 1.54) is 18.4 Å². The highest BCUT2D eigenvalue weighted by Crippen LogP contribution is 2.27. The number of hydrogen-bond donors (Lipinski definition) is 1. The van der Waals surface area contributed by atoms with Crippen molar-refractivity contribution >= 4 is 27.3 Å². The van der Waals surface area contributed by atoms with Crippen molar-refractivity contribution in [1.29, 1.82) is 0 Å². The molecule has 0 amide bonds. The van der Waals surface area contributed by atoms with Gasteiger partial charge in [0, 0.05) is 36.9 Å². The van der Waals surface area contributed by atoms with E-state index in [0.29, 0.717) is 23.0 Å². The van der Waals surface area contributed by atoms with Crippen molar-refractivity contribution in [2.75, 3.05) is 26.5 Å². The number of methoxy groups -OCH3 is 1. The molecule has 0 atom stereocenters. The monoisotopic (exact) mass is 354 g/mol. The Morgan fingerprint density at radius 3 is 2.52 bits per heavy atom. The summed E-state index contributed by atoms with van der Waals surface area (Å²) in [5, 5.41) is 3.77. The lowest BCUT2D eigenvalue weighted by Gasteiger charge is -2.14. The summed E-state index contributed by atoms with van der Waals surface area (Å²) in [5.74, 6) is 0.682. The van der Waals surface area contributed by atoms with E-state index in [2.05, 4.69) is 5.32 Å². The number of benzene rings is 2. The van der Waals surface area contributed by atoms with E-state index in [0.717, 1.165) is 5.56 Å². The minimum absolute atomic E-state index is 0.235. The summed E-state index contributed by atoms with van der Waals surface area (Å²) in [5.41, 5.74) is 1.51. The van der Waals surface area contributed by atoms with Crippen LogP contribution in [0, 0.1) is 0 Å². The molecule has 5 nitrogen and oxygen atoms in total. The van der Waals surface area contributed by atoms with Gasteiger partial charge in [-0.3, -0.25) is 0 Å². The molecule has 0 saturated heterocycles. The molecule has 0 fully saturated rings. The SMILES string of the molecule is COc1cccc(Cl)c1CNc1cccc(S(=O)(=O)N(C)C)c1. The highest BCUT2D eigenvalue weighted by Gasteiger charge is 2.17. The van der Waals surface area contributed by atoms with Gasteiger partial charge in [0.05, 0.1) is 12.0 Å². The number of anilines is 1. The van der Waals surface area contributed by atoms with Crippen LogP contribution in [0.15, 0.2) is 47.4 Å². The first kappa shape index (κ1) is 17.6. The molecular weight excluding hydrogens is 336 g/mol. The van der Waals surface area contributed by atoms with Crippen molar-refractivity contribution in [3.05, 3.63) is 53.1 Å². The summed E-state index contributed by atoms with van der Waals surface area (Å²) >= 11 is 6.20. The van der Waals surface area contributed by atoms with E-state index in [1.807, 2.05) is 12.1 Å². The lowest BCUT2D eigenvalue weighted by molar-refractivity contribution is 0.410. The van der Waals surface area contributed by atoms with Crippen LogP contribution in [0.3, 0.4) is 0 Å². The second-order valence-corrected chi connectivity index (χ2v) is 7.65. The highest BCUT2D eigenvalue weighted by molar-refractivity contribution is 7.89. The first-order valence-corrected chi connectivity index (χ1v) is 8.76. The Labute approximate surface area is 141 Å². The summed E-state index contributed by atoms with van der Waals surface area (Å²) in [6.07, 6.45) is 0. The number of ether oxygens (including phenoxy) is 1. The molecular formula is C16H19ClN2O3S. The minimum Gasteiger partial charge on any atom is -0.496 e. The van der Waals surface area contributed by atoms with Gasteiger partial charge in [-0.05, 0) is 30.3 Å². The van der Waals surface area contributed by atoms with Crippen LogP contribution < -0.4 is 10.1 Å². The van der Waals surface area contributed by atoms with Crippen molar-refractivity contribution in [1.82, 2.24) is 4.31 Å². The summed E-state index contributed by atoms with van der Waals surface area (Å²) in [7, 11) is 1.13. The van der Waals surface area contributed by atoms with Crippen LogP contribution in [-0.2, 0) is 16.6 Å². The predicted molar refractivity (Wildman–Crippen MR) is 92.6 cm³/mol. The van der Waals surface area contributed by atoms with E-state index in [9.17, 15) is 8.42 Å². The van der Waals surface area contributed by atoms with Gasteiger partial charge in [-0.25, -0.2) is 12.7 Å². The van der Waals surface area contributed by atoms with Crippen molar-refractivity contribution in [3.8, 4) is 5.75 Å². The lowest BCUT2D eigenvalue weighted by atomic mass is 10.2. The van der Waals surface area contributed by atoms with Crippen LogP contribution in [0.5, 0.6) is 5.75 Å². The number of halogens is 1. The first-order valence-electron chi connectivity index (χ1n) is 6.94. The normalized spacial score (nSPS) is 11.5. The molecule has 0 spiro atoms. The molecule has 0 aliphatic rings. The maximum Gasteiger partial charge on any atom is 0.242 e. The number of nitrogens with zero attached hydrogens (tertiary/aromatic N) is 1. The van der Waals surface area contributed by atoms with Gasteiger partial charge in [0.2, 0.25) is 10.0 Å². The highest BCUT2D eigenvalue weighted by atomic mass is 35.5. The van der Waals surface area contributed by atoms with E-state index < -0.39 is 10.0 Å². The van der Waals surface area contributed by atoms with Crippen LogP contribution in [-0.4, -0.2) is 33.9 Å². The molecule has 0 radical (unpaired) electrons. The van der Waals surface area contributed by atoms with Crippen molar-refractivity contribution in [2.24, 2.45) is 0 Å². The van der Waals surface area contributed by atoms with Crippen LogP contribution in [0.25, 0.3) is 0 Å². The maximum absolute atomic E-state index is 12.2. The standard InChI is InChI=1S/C16H19ClN2O3S/c1-19(2)23(20,21)13-7-4-6-12(10-13)18-11-14-15(17)8-5-9-16(14)22-3/h4-10,18H,11H2,1-3H3. The van der Waals surface area contributed by atoms with E-state index >= 15 is 0 Å². The van der Waals surface area contributed by atoms with Gasteiger partial charge in [-0.2, -0.15) is 0 Å². The van der Waals surface area contributed by atoms with Gasteiger partial charge in [-0.1, -0.05) is 23.7 Å². The predicted octanol–water partition coefficient (Wildman–Crippen LogP) is 3.21. The third-order valence-corrected chi connectivity index (χ3v) is 5.54. The zero-order chi connectivity index (χ0) is 17.0. The molecule has 0 aliphatic carbocycles. The van der Waals surface area contributed by atoms with Crippen LogP contribution in [0.2, 0.25) is 5.02 Å². The summed E-state index contributed by atoms with van der Waals surface area (Å²) in [4.78, 5) is 0.235. The second-order valence-electron chi connectivity index (χ2n) is 5.09. The molecule has 124 valence electrons. The molecule has 0 saturated carbocycles. The Morgan fingerprint density at radius 1 is 1.17 bits per heavy atom. The summed E-state index contributed by atoms with van der Waals surface area (Å²) in [6, 6.07) is 12.1. The summed E-state index contributed by atoms with van der Waals surface area (Å²) in [6.45, 7) is 0.425. The zero-order valence-corrected chi connectivity index (χ0v) is 14.8. The largest absolute Gasteiger partial charge is 0.496 e. The smallest absolute Gasteiger partial charge is 0.242 e. The van der Waals surface area contributed by atoms with Crippen LogP contribution in [0.1, 0.15) is 5.56 Å². The van der Waals surface area contributed by atoms with Gasteiger partial charge in [-0.15, -0.1) is 0 Å². The van der Waals surface area contributed by atoms with E-state index in [4.69, 9.17) is 16.3 Å². The molecule has 2 aromatic carbocycles. The molecule has 0 aliphatic heterocycles. The van der Waals surface area contributed by atoms with E-state index in [-0.39, 0.29) is 4.90 Å². The Kier molecular flexibility index (Phi) is 5.51. The summed E-state index contributed by atoms with van der Waals surface area (Å²) < 4.78 is 30.8. The molecule has 0 heterocycles. The Bertz CT molecular complexity index is 792. The van der Waals surface area contributed by atoms with Crippen LogP contribution in [0.4, 0.5) is 5.69 Å². The van der Waals surface area contributed by atoms with Crippen LogP contribution >= 0.6 is 11.6 Å². The minimum atomic E-state index is -3.46. The fourth-order valence-corrected chi connectivity index (χ4v) is 3.25. The first-order chi connectivity index (χ1) is 10.9. The Balaban J connectivity index is 2.23. The van der Waals surface area contributed by atoms with Gasteiger partial charge in [0.25, 0.3) is 0 Å². The number of rotatable bonds is 6. The molecule has 1 N–H and O–H groups in total. The third-order valence-electron chi connectivity index (χ3n) is 3.38. The molecule has 0 bridgehead atoms. The van der Waals surface area contributed by atoms with Crippen molar-refractivity contribution < 1.29 is 13.2 Å². The van der Waals surface area contributed by atoms with E-state index in [1.54, 1.807) is 37.4 Å². The van der Waals surface area contributed by atoms with Gasteiger partial charge in [0.1, 0.15) is 5.75 Å². The second kappa shape index (κ2) is 7.21. The molecule has 2 rings (SSSR count). The maximum atomic E-state index is 12.2.